The van der Waals surface area contributed by atoms with Crippen LogP contribution in [0, 0.1) is 5.41 Å². The van der Waals surface area contributed by atoms with E-state index in [9.17, 15) is 0 Å². The van der Waals surface area contributed by atoms with Crippen LogP contribution >= 0.6 is 0 Å². The van der Waals surface area contributed by atoms with E-state index in [1.165, 1.54) is 32.2 Å². The fourth-order valence-electron chi connectivity index (χ4n) is 1.87. The average Bonchev–Trinajstić information content (AvgIpc) is 2.47. The van der Waals surface area contributed by atoms with Crippen LogP contribution in [0.25, 0.3) is 0 Å². The fourth-order valence-corrected chi connectivity index (χ4v) is 1.87. The van der Waals surface area contributed by atoms with E-state index < -0.39 is 0 Å². The molecule has 1 nitrogen and oxygen atoms in total. The van der Waals surface area contributed by atoms with Crippen molar-refractivity contribution >= 4 is 0 Å². The zero-order valence-electron chi connectivity index (χ0n) is 7.48. The Morgan fingerprint density at radius 3 is 2.20 bits per heavy atom. The summed E-state index contributed by atoms with van der Waals surface area (Å²) in [5.74, 6) is 0. The lowest BCUT2D eigenvalue weighted by atomic mass is 10.0. The third-order valence-corrected chi connectivity index (χ3v) is 2.39. The normalized spacial score (nSPS) is 21.6. The van der Waals surface area contributed by atoms with E-state index >= 15 is 0 Å². The van der Waals surface area contributed by atoms with Crippen LogP contribution in [0.1, 0.15) is 32.6 Å². The number of hydrogen-bond acceptors (Lipinski definition) is 1. The molecule has 0 saturated heterocycles. The van der Waals surface area contributed by atoms with E-state index in [2.05, 4.69) is 25.9 Å². The first-order valence-corrected chi connectivity index (χ1v) is 4.33. The molecule has 1 aliphatic carbocycles. The van der Waals surface area contributed by atoms with E-state index in [1.54, 1.807) is 0 Å². The minimum absolute atomic E-state index is 0.748. The number of hydrogen-bond donors (Lipinski definition) is 0. The molecule has 10 heavy (non-hydrogen) atoms. The van der Waals surface area contributed by atoms with Crippen molar-refractivity contribution in [3.8, 4) is 0 Å². The predicted molar refractivity (Wildman–Crippen MR) is 45.1 cm³/mol. The molecule has 1 rings (SSSR count). The first kappa shape index (κ1) is 8.06. The molecule has 0 amide bonds. The molecule has 0 radical (unpaired) electrons. The van der Waals surface area contributed by atoms with Crippen molar-refractivity contribution in [2.24, 2.45) is 5.41 Å². The second-order valence-corrected chi connectivity index (χ2v) is 3.99. The summed E-state index contributed by atoms with van der Waals surface area (Å²) < 4.78 is 0. The molecule has 0 N–H and O–H groups in total. The number of rotatable bonds is 4. The van der Waals surface area contributed by atoms with Crippen molar-refractivity contribution in [3.05, 3.63) is 0 Å². The lowest BCUT2D eigenvalue weighted by Gasteiger charge is -2.18. The Bertz CT molecular complexity index is 103. The van der Waals surface area contributed by atoms with Gasteiger partial charge < -0.3 is 4.90 Å². The molecule has 1 heteroatoms. The Morgan fingerprint density at radius 1 is 1.30 bits per heavy atom. The minimum Gasteiger partial charge on any atom is -0.309 e. The molecule has 0 spiro atoms. The SMILES string of the molecule is CCCC1(CN(C)C)CC1. The molecular formula is C9H19N. The molecule has 1 fully saturated rings. The quantitative estimate of drug-likeness (QED) is 0.579. The Kier molecular flexibility index (Phi) is 2.35. The highest BCUT2D eigenvalue weighted by atomic mass is 15.1. The van der Waals surface area contributed by atoms with Crippen molar-refractivity contribution in [3.63, 3.8) is 0 Å². The van der Waals surface area contributed by atoms with Gasteiger partial charge in [0, 0.05) is 6.54 Å². The van der Waals surface area contributed by atoms with Gasteiger partial charge in [0.2, 0.25) is 0 Å². The predicted octanol–water partition coefficient (Wildman–Crippen LogP) is 2.13. The molecule has 0 aliphatic heterocycles. The molecule has 0 heterocycles. The van der Waals surface area contributed by atoms with Gasteiger partial charge in [-0.3, -0.25) is 0 Å². The van der Waals surface area contributed by atoms with Gasteiger partial charge in [-0.05, 0) is 38.8 Å². The second kappa shape index (κ2) is 2.91. The van der Waals surface area contributed by atoms with Gasteiger partial charge in [-0.15, -0.1) is 0 Å². The smallest absolute Gasteiger partial charge is 0.00319 e. The fraction of sp³-hybridized carbons (Fsp3) is 1.00. The molecule has 0 atom stereocenters. The summed E-state index contributed by atoms with van der Waals surface area (Å²) in [5, 5.41) is 0. The maximum atomic E-state index is 2.32. The van der Waals surface area contributed by atoms with Crippen LogP contribution in [-0.4, -0.2) is 25.5 Å². The second-order valence-electron chi connectivity index (χ2n) is 3.99. The zero-order valence-corrected chi connectivity index (χ0v) is 7.48. The largest absolute Gasteiger partial charge is 0.309 e. The van der Waals surface area contributed by atoms with Crippen molar-refractivity contribution in [1.29, 1.82) is 0 Å². The van der Waals surface area contributed by atoms with E-state index in [1.807, 2.05) is 0 Å². The van der Waals surface area contributed by atoms with Crippen LogP contribution in [0.3, 0.4) is 0 Å². The van der Waals surface area contributed by atoms with Gasteiger partial charge in [-0.25, -0.2) is 0 Å². The Balaban J connectivity index is 2.23. The summed E-state index contributed by atoms with van der Waals surface area (Å²) in [5.41, 5.74) is 0.748. The Morgan fingerprint density at radius 2 is 1.90 bits per heavy atom. The zero-order chi connectivity index (χ0) is 7.61. The third kappa shape index (κ3) is 1.98. The van der Waals surface area contributed by atoms with E-state index in [4.69, 9.17) is 0 Å². The van der Waals surface area contributed by atoms with Crippen molar-refractivity contribution < 1.29 is 0 Å². The minimum atomic E-state index is 0.748. The molecule has 0 aromatic carbocycles. The van der Waals surface area contributed by atoms with Gasteiger partial charge in [0.05, 0.1) is 0 Å². The van der Waals surface area contributed by atoms with Gasteiger partial charge in [0.25, 0.3) is 0 Å². The summed E-state index contributed by atoms with van der Waals surface area (Å²) in [6, 6.07) is 0. The lowest BCUT2D eigenvalue weighted by Crippen LogP contribution is -2.22. The maximum Gasteiger partial charge on any atom is 0.00319 e. The maximum absolute atomic E-state index is 2.32. The Labute approximate surface area is 64.4 Å². The van der Waals surface area contributed by atoms with Crippen molar-refractivity contribution in [1.82, 2.24) is 4.90 Å². The highest BCUT2D eigenvalue weighted by molar-refractivity contribution is 4.94. The van der Waals surface area contributed by atoms with Gasteiger partial charge in [0.1, 0.15) is 0 Å². The van der Waals surface area contributed by atoms with Crippen LogP contribution in [0.2, 0.25) is 0 Å². The average molecular weight is 141 g/mol. The standard InChI is InChI=1S/C9H19N/c1-4-5-9(6-7-9)8-10(2)3/h4-8H2,1-3H3. The first-order valence-electron chi connectivity index (χ1n) is 4.33. The van der Waals surface area contributed by atoms with E-state index in [-0.39, 0.29) is 0 Å². The molecular weight excluding hydrogens is 122 g/mol. The number of nitrogens with zero attached hydrogens (tertiary/aromatic N) is 1. The van der Waals surface area contributed by atoms with E-state index in [0.29, 0.717) is 0 Å². The van der Waals surface area contributed by atoms with Crippen LogP contribution < -0.4 is 0 Å². The van der Waals surface area contributed by atoms with Crippen molar-refractivity contribution in [2.75, 3.05) is 20.6 Å². The summed E-state index contributed by atoms with van der Waals surface area (Å²) >= 11 is 0. The lowest BCUT2D eigenvalue weighted by molar-refractivity contribution is 0.293. The van der Waals surface area contributed by atoms with E-state index in [0.717, 1.165) is 5.41 Å². The third-order valence-electron chi connectivity index (χ3n) is 2.39. The Hall–Kier alpha value is -0.0400. The molecule has 1 aliphatic rings. The van der Waals surface area contributed by atoms with Crippen LogP contribution in [-0.2, 0) is 0 Å². The first-order chi connectivity index (χ1) is 4.68. The molecule has 1 saturated carbocycles. The summed E-state index contributed by atoms with van der Waals surface area (Å²) in [4.78, 5) is 2.32. The van der Waals surface area contributed by atoms with Gasteiger partial charge in [-0.1, -0.05) is 13.3 Å². The topological polar surface area (TPSA) is 3.24 Å². The van der Waals surface area contributed by atoms with Gasteiger partial charge >= 0.3 is 0 Å². The highest BCUT2D eigenvalue weighted by Crippen LogP contribution is 2.49. The van der Waals surface area contributed by atoms with Crippen LogP contribution in [0.4, 0.5) is 0 Å². The van der Waals surface area contributed by atoms with Crippen LogP contribution in [0.5, 0.6) is 0 Å². The summed E-state index contributed by atoms with van der Waals surface area (Å²) in [7, 11) is 4.35. The molecule has 0 aromatic heterocycles. The molecule has 0 bridgehead atoms. The molecule has 0 unspecified atom stereocenters. The highest BCUT2D eigenvalue weighted by Gasteiger charge is 2.41. The summed E-state index contributed by atoms with van der Waals surface area (Å²) in [6.07, 6.45) is 5.73. The summed E-state index contributed by atoms with van der Waals surface area (Å²) in [6.45, 7) is 3.59. The molecule has 0 aromatic rings. The molecule has 60 valence electrons. The van der Waals surface area contributed by atoms with Gasteiger partial charge in [-0.2, -0.15) is 0 Å². The van der Waals surface area contributed by atoms with Gasteiger partial charge in [0.15, 0.2) is 0 Å². The monoisotopic (exact) mass is 141 g/mol. The van der Waals surface area contributed by atoms with Crippen molar-refractivity contribution in [2.45, 2.75) is 32.6 Å². The van der Waals surface area contributed by atoms with Crippen LogP contribution in [0.15, 0.2) is 0 Å².